The van der Waals surface area contributed by atoms with E-state index in [2.05, 4.69) is 62.0 Å². The molecule has 0 saturated heterocycles. The van der Waals surface area contributed by atoms with Crippen LogP contribution in [0.4, 0.5) is 6.01 Å². The van der Waals surface area contributed by atoms with Crippen LogP contribution in [0.25, 0.3) is 0 Å². The maximum absolute atomic E-state index is 5.73. The van der Waals surface area contributed by atoms with E-state index in [4.69, 9.17) is 4.42 Å². The minimum absolute atomic E-state index is 0.360. The molecule has 0 aromatic carbocycles. The fourth-order valence-electron chi connectivity index (χ4n) is 1.80. The maximum Gasteiger partial charge on any atom is 0.318 e. The molecule has 0 atom stereocenters. The number of nitrogens with zero attached hydrogens (tertiary/aromatic N) is 3. The highest BCUT2D eigenvalue weighted by molar-refractivity contribution is 5.25. The molecule has 0 spiro atoms. The largest absolute Gasteiger partial charge is 0.407 e. The Balaban J connectivity index is 2.60. The van der Waals surface area contributed by atoms with Crippen LogP contribution < -0.4 is 10.2 Å². The van der Waals surface area contributed by atoms with Gasteiger partial charge in [-0.1, -0.05) is 32.8 Å². The molecule has 0 amide bonds. The molecule has 110 valence electrons. The lowest BCUT2D eigenvalue weighted by Gasteiger charge is -2.26. The second kappa shape index (κ2) is 7.48. The van der Waals surface area contributed by atoms with Gasteiger partial charge >= 0.3 is 6.01 Å². The summed E-state index contributed by atoms with van der Waals surface area (Å²) in [5.74, 6) is 1.84. The Kier molecular flexibility index (Phi) is 6.28. The van der Waals surface area contributed by atoms with E-state index in [0.717, 1.165) is 13.1 Å². The fourth-order valence-corrected chi connectivity index (χ4v) is 1.80. The van der Waals surface area contributed by atoms with E-state index in [1.54, 1.807) is 0 Å². The molecular weight excluding hydrogens is 240 g/mol. The molecule has 0 radical (unpaired) electrons. The Labute approximate surface area is 116 Å². The average Bonchev–Trinajstić information content (AvgIpc) is 2.73. The van der Waals surface area contributed by atoms with Crippen LogP contribution in [0.15, 0.2) is 4.42 Å². The van der Waals surface area contributed by atoms with Crippen molar-refractivity contribution in [3.05, 3.63) is 5.89 Å². The number of rotatable bonds is 8. The number of hydrogen-bond acceptors (Lipinski definition) is 5. The van der Waals surface area contributed by atoms with Crippen molar-refractivity contribution in [2.24, 2.45) is 11.8 Å². The molecule has 19 heavy (non-hydrogen) atoms. The minimum Gasteiger partial charge on any atom is -0.407 e. The number of aromatic nitrogens is 2. The lowest BCUT2D eigenvalue weighted by molar-refractivity contribution is 0.432. The van der Waals surface area contributed by atoms with Gasteiger partial charge < -0.3 is 14.6 Å². The third-order valence-electron chi connectivity index (χ3n) is 2.72. The van der Waals surface area contributed by atoms with Gasteiger partial charge in [-0.3, -0.25) is 0 Å². The molecule has 1 N–H and O–H groups in total. The second-order valence-electron chi connectivity index (χ2n) is 6.14. The quantitative estimate of drug-likeness (QED) is 0.785. The van der Waals surface area contributed by atoms with Crippen molar-refractivity contribution in [3.63, 3.8) is 0 Å². The molecule has 0 fully saturated rings. The number of hydrogen-bond donors (Lipinski definition) is 1. The van der Waals surface area contributed by atoms with E-state index in [9.17, 15) is 0 Å². The van der Waals surface area contributed by atoms with Crippen LogP contribution in [-0.2, 0) is 6.54 Å². The SMILES string of the molecule is CC(C)CNCc1nnc(N(CC(C)C)C(C)C)o1. The van der Waals surface area contributed by atoms with Crippen molar-refractivity contribution >= 4 is 6.01 Å². The highest BCUT2D eigenvalue weighted by Gasteiger charge is 2.18. The Bertz CT molecular complexity index is 360. The van der Waals surface area contributed by atoms with E-state index in [1.165, 1.54) is 0 Å². The summed E-state index contributed by atoms with van der Waals surface area (Å²) in [4.78, 5) is 2.16. The standard InChI is InChI=1S/C14H28N4O/c1-10(2)7-15-8-13-16-17-14(19-13)18(12(5)6)9-11(3)4/h10-12,15H,7-9H2,1-6H3. The molecule has 0 bridgehead atoms. The molecule has 1 rings (SSSR count). The van der Waals surface area contributed by atoms with Gasteiger partial charge in [0, 0.05) is 12.6 Å². The first kappa shape index (κ1) is 16.0. The minimum atomic E-state index is 0.360. The molecule has 1 heterocycles. The molecule has 0 aliphatic heterocycles. The van der Waals surface area contributed by atoms with Crippen molar-refractivity contribution < 1.29 is 4.42 Å². The molecule has 0 unspecified atom stereocenters. The topological polar surface area (TPSA) is 54.2 Å². The summed E-state index contributed by atoms with van der Waals surface area (Å²) >= 11 is 0. The predicted octanol–water partition coefficient (Wildman–Crippen LogP) is 2.69. The Morgan fingerprint density at radius 2 is 1.74 bits per heavy atom. The Hall–Kier alpha value is -1.10. The summed E-state index contributed by atoms with van der Waals surface area (Å²) in [6.45, 7) is 15.5. The highest BCUT2D eigenvalue weighted by atomic mass is 16.4. The Morgan fingerprint density at radius 3 is 2.26 bits per heavy atom. The van der Waals surface area contributed by atoms with Gasteiger partial charge in [-0.05, 0) is 32.2 Å². The summed E-state index contributed by atoms with van der Waals surface area (Å²) in [6.07, 6.45) is 0. The molecule has 1 aromatic rings. The summed E-state index contributed by atoms with van der Waals surface area (Å²) in [5.41, 5.74) is 0. The van der Waals surface area contributed by atoms with Gasteiger partial charge in [-0.15, -0.1) is 5.10 Å². The summed E-state index contributed by atoms with van der Waals surface area (Å²) in [7, 11) is 0. The van der Waals surface area contributed by atoms with Crippen LogP contribution >= 0.6 is 0 Å². The van der Waals surface area contributed by atoms with Crippen LogP contribution in [-0.4, -0.2) is 29.3 Å². The zero-order chi connectivity index (χ0) is 14.4. The predicted molar refractivity (Wildman–Crippen MR) is 78.2 cm³/mol. The van der Waals surface area contributed by atoms with Crippen molar-refractivity contribution in [2.45, 2.75) is 54.1 Å². The average molecular weight is 268 g/mol. The third kappa shape index (κ3) is 5.59. The van der Waals surface area contributed by atoms with Gasteiger partial charge in [0.15, 0.2) is 0 Å². The molecule has 1 aromatic heterocycles. The van der Waals surface area contributed by atoms with Crippen LogP contribution in [0.3, 0.4) is 0 Å². The molecular formula is C14H28N4O. The zero-order valence-corrected chi connectivity index (χ0v) is 13.1. The van der Waals surface area contributed by atoms with Crippen molar-refractivity contribution in [2.75, 3.05) is 18.0 Å². The molecule has 5 nitrogen and oxygen atoms in total. The fraction of sp³-hybridized carbons (Fsp3) is 0.857. The lowest BCUT2D eigenvalue weighted by atomic mass is 10.2. The zero-order valence-electron chi connectivity index (χ0n) is 13.1. The van der Waals surface area contributed by atoms with Crippen LogP contribution in [0, 0.1) is 11.8 Å². The van der Waals surface area contributed by atoms with Crippen LogP contribution in [0.5, 0.6) is 0 Å². The van der Waals surface area contributed by atoms with Gasteiger partial charge in [-0.2, -0.15) is 0 Å². The van der Waals surface area contributed by atoms with Crippen LogP contribution in [0.1, 0.15) is 47.4 Å². The van der Waals surface area contributed by atoms with E-state index in [1.807, 2.05) is 0 Å². The normalized spacial score (nSPS) is 11.8. The molecule has 0 saturated carbocycles. The first-order valence-corrected chi connectivity index (χ1v) is 7.19. The maximum atomic E-state index is 5.73. The third-order valence-corrected chi connectivity index (χ3v) is 2.72. The first-order chi connectivity index (χ1) is 8.90. The van der Waals surface area contributed by atoms with E-state index in [0.29, 0.717) is 36.3 Å². The summed E-state index contributed by atoms with van der Waals surface area (Å²) in [6, 6.07) is 0.990. The smallest absolute Gasteiger partial charge is 0.318 e. The van der Waals surface area contributed by atoms with E-state index < -0.39 is 0 Å². The van der Waals surface area contributed by atoms with Crippen molar-refractivity contribution in [3.8, 4) is 0 Å². The molecule has 5 heteroatoms. The van der Waals surface area contributed by atoms with Gasteiger partial charge in [0.2, 0.25) is 5.89 Å². The van der Waals surface area contributed by atoms with E-state index in [-0.39, 0.29) is 0 Å². The highest BCUT2D eigenvalue weighted by Crippen LogP contribution is 2.17. The van der Waals surface area contributed by atoms with Gasteiger partial charge in [0.05, 0.1) is 6.54 Å². The monoisotopic (exact) mass is 268 g/mol. The number of nitrogens with one attached hydrogen (secondary N) is 1. The second-order valence-corrected chi connectivity index (χ2v) is 6.14. The van der Waals surface area contributed by atoms with Crippen LogP contribution in [0.2, 0.25) is 0 Å². The molecule has 0 aliphatic carbocycles. The number of anilines is 1. The lowest BCUT2D eigenvalue weighted by Crippen LogP contribution is -2.34. The van der Waals surface area contributed by atoms with E-state index >= 15 is 0 Å². The van der Waals surface area contributed by atoms with Crippen molar-refractivity contribution in [1.82, 2.24) is 15.5 Å². The summed E-state index contributed by atoms with van der Waals surface area (Å²) in [5, 5.41) is 11.6. The van der Waals surface area contributed by atoms with Crippen molar-refractivity contribution in [1.29, 1.82) is 0 Å². The molecule has 0 aliphatic rings. The van der Waals surface area contributed by atoms with Gasteiger partial charge in [-0.25, -0.2) is 0 Å². The van der Waals surface area contributed by atoms with Gasteiger partial charge in [0.25, 0.3) is 0 Å². The summed E-state index contributed by atoms with van der Waals surface area (Å²) < 4.78 is 5.73. The Morgan fingerprint density at radius 1 is 1.05 bits per heavy atom. The first-order valence-electron chi connectivity index (χ1n) is 7.19. The van der Waals surface area contributed by atoms with Gasteiger partial charge in [0.1, 0.15) is 0 Å².